The summed E-state index contributed by atoms with van der Waals surface area (Å²) in [6, 6.07) is 8.21. The van der Waals surface area contributed by atoms with Crippen LogP contribution in [0.5, 0.6) is 0 Å². The normalized spacial score (nSPS) is 14.0. The average molecular weight is 294 g/mol. The molecule has 0 spiro atoms. The minimum Gasteiger partial charge on any atom is -0.383 e. The van der Waals surface area contributed by atoms with E-state index < -0.39 is 0 Å². The molecule has 0 saturated heterocycles. The molecular formula is C15H20ClN3O. The highest BCUT2D eigenvalue weighted by Gasteiger charge is 2.13. The van der Waals surface area contributed by atoms with Crippen molar-refractivity contribution in [2.75, 3.05) is 19.0 Å². The molecule has 0 aliphatic heterocycles. The van der Waals surface area contributed by atoms with E-state index >= 15 is 0 Å². The lowest BCUT2D eigenvalue weighted by Crippen LogP contribution is -2.16. The molecule has 1 aromatic carbocycles. The van der Waals surface area contributed by atoms with Gasteiger partial charge in [-0.15, -0.1) is 0 Å². The van der Waals surface area contributed by atoms with Crippen LogP contribution >= 0.6 is 11.6 Å². The number of ether oxygens (including phenoxy) is 1. The van der Waals surface area contributed by atoms with Crippen LogP contribution in [0.15, 0.2) is 36.7 Å². The van der Waals surface area contributed by atoms with Crippen LogP contribution in [0.1, 0.15) is 31.5 Å². The third kappa shape index (κ3) is 3.52. The Morgan fingerprint density at radius 2 is 2.20 bits per heavy atom. The Kier molecular flexibility index (Phi) is 5.04. The van der Waals surface area contributed by atoms with Gasteiger partial charge in [-0.1, -0.05) is 23.7 Å². The Morgan fingerprint density at radius 1 is 1.40 bits per heavy atom. The molecule has 0 amide bonds. The van der Waals surface area contributed by atoms with Gasteiger partial charge in [0.2, 0.25) is 5.95 Å². The molecule has 0 aliphatic rings. The summed E-state index contributed by atoms with van der Waals surface area (Å²) in [5, 5.41) is 4.15. The van der Waals surface area contributed by atoms with Crippen LogP contribution in [0.2, 0.25) is 5.02 Å². The summed E-state index contributed by atoms with van der Waals surface area (Å²) < 4.78 is 7.27. The van der Waals surface area contributed by atoms with Gasteiger partial charge in [-0.05, 0) is 31.5 Å². The van der Waals surface area contributed by atoms with E-state index in [0.717, 1.165) is 16.5 Å². The number of benzene rings is 1. The summed E-state index contributed by atoms with van der Waals surface area (Å²) in [5.74, 6) is 0.835. The summed E-state index contributed by atoms with van der Waals surface area (Å²) in [4.78, 5) is 4.37. The van der Waals surface area contributed by atoms with E-state index in [1.54, 1.807) is 13.3 Å². The van der Waals surface area contributed by atoms with Gasteiger partial charge in [0, 0.05) is 24.5 Å². The maximum Gasteiger partial charge on any atom is 0.203 e. The van der Waals surface area contributed by atoms with Gasteiger partial charge in [0.1, 0.15) is 0 Å². The van der Waals surface area contributed by atoms with Crippen molar-refractivity contribution < 1.29 is 4.74 Å². The van der Waals surface area contributed by atoms with Gasteiger partial charge in [0.05, 0.1) is 18.7 Å². The van der Waals surface area contributed by atoms with E-state index in [2.05, 4.69) is 34.8 Å². The van der Waals surface area contributed by atoms with Gasteiger partial charge >= 0.3 is 0 Å². The Morgan fingerprint density at radius 3 is 2.90 bits per heavy atom. The van der Waals surface area contributed by atoms with Gasteiger partial charge in [0.25, 0.3) is 0 Å². The fraction of sp³-hybridized carbons (Fsp3) is 0.400. The summed E-state index contributed by atoms with van der Waals surface area (Å²) in [6.45, 7) is 4.84. The van der Waals surface area contributed by atoms with Crippen molar-refractivity contribution in [1.82, 2.24) is 9.55 Å². The van der Waals surface area contributed by atoms with Crippen LogP contribution in [0, 0.1) is 0 Å². The van der Waals surface area contributed by atoms with E-state index in [0.29, 0.717) is 6.61 Å². The summed E-state index contributed by atoms with van der Waals surface area (Å²) in [5.41, 5.74) is 1.13. The van der Waals surface area contributed by atoms with Gasteiger partial charge in [0.15, 0.2) is 0 Å². The van der Waals surface area contributed by atoms with Gasteiger partial charge in [-0.25, -0.2) is 4.98 Å². The van der Waals surface area contributed by atoms with Crippen molar-refractivity contribution >= 4 is 17.5 Å². The Hall–Kier alpha value is -1.52. The van der Waals surface area contributed by atoms with E-state index in [9.17, 15) is 0 Å². The number of anilines is 1. The third-order valence-electron chi connectivity index (χ3n) is 3.25. The van der Waals surface area contributed by atoms with E-state index in [1.807, 2.05) is 24.4 Å². The highest BCUT2D eigenvalue weighted by molar-refractivity contribution is 6.30. The van der Waals surface area contributed by atoms with Crippen LogP contribution < -0.4 is 5.32 Å². The molecule has 2 aromatic rings. The molecule has 1 aromatic heterocycles. The number of halogens is 1. The molecule has 2 rings (SSSR count). The zero-order valence-corrected chi connectivity index (χ0v) is 12.8. The maximum absolute atomic E-state index is 6.03. The van der Waals surface area contributed by atoms with Crippen LogP contribution in [0.3, 0.4) is 0 Å². The molecule has 20 heavy (non-hydrogen) atoms. The molecule has 0 saturated carbocycles. The van der Waals surface area contributed by atoms with Crippen LogP contribution in [-0.2, 0) is 4.74 Å². The second kappa shape index (κ2) is 6.77. The predicted octanol–water partition coefficient (Wildman–Crippen LogP) is 3.92. The van der Waals surface area contributed by atoms with E-state index in [4.69, 9.17) is 16.3 Å². The molecule has 1 N–H and O–H groups in total. The fourth-order valence-electron chi connectivity index (χ4n) is 2.15. The monoisotopic (exact) mass is 293 g/mol. The molecule has 0 aliphatic carbocycles. The summed E-state index contributed by atoms with van der Waals surface area (Å²) in [7, 11) is 1.70. The highest BCUT2D eigenvalue weighted by Crippen LogP contribution is 2.22. The minimum absolute atomic E-state index is 0.129. The molecule has 2 atom stereocenters. The predicted molar refractivity (Wildman–Crippen MR) is 82.3 cm³/mol. The highest BCUT2D eigenvalue weighted by atomic mass is 35.5. The molecule has 108 valence electrons. The molecule has 0 radical (unpaired) electrons. The molecule has 2 unspecified atom stereocenters. The van der Waals surface area contributed by atoms with Crippen LogP contribution in [0.4, 0.5) is 5.95 Å². The largest absolute Gasteiger partial charge is 0.383 e. The zero-order chi connectivity index (χ0) is 14.5. The molecular weight excluding hydrogens is 274 g/mol. The van der Waals surface area contributed by atoms with E-state index in [1.165, 1.54) is 0 Å². The number of hydrogen-bond donors (Lipinski definition) is 1. The lowest BCUT2D eigenvalue weighted by molar-refractivity contribution is 0.163. The third-order valence-corrected chi connectivity index (χ3v) is 3.48. The number of nitrogens with one attached hydrogen (secondary N) is 1. The van der Waals surface area contributed by atoms with Crippen molar-refractivity contribution in [3.05, 3.63) is 47.2 Å². The van der Waals surface area contributed by atoms with Gasteiger partial charge in [-0.3, -0.25) is 0 Å². The lowest BCUT2D eigenvalue weighted by Gasteiger charge is -2.20. The first-order valence-corrected chi connectivity index (χ1v) is 7.03. The van der Waals surface area contributed by atoms with Crippen molar-refractivity contribution in [2.24, 2.45) is 0 Å². The first kappa shape index (κ1) is 14.9. The fourth-order valence-corrected chi connectivity index (χ4v) is 2.35. The Balaban J connectivity index is 2.12. The number of aromatic nitrogens is 2. The second-order valence-corrected chi connectivity index (χ2v) is 5.32. The van der Waals surface area contributed by atoms with Crippen molar-refractivity contribution in [2.45, 2.75) is 25.9 Å². The number of hydrogen-bond acceptors (Lipinski definition) is 3. The Bertz CT molecular complexity index is 556. The molecule has 1 heterocycles. The quantitative estimate of drug-likeness (QED) is 0.877. The first-order valence-electron chi connectivity index (χ1n) is 6.65. The summed E-state index contributed by atoms with van der Waals surface area (Å²) in [6.07, 6.45) is 3.75. The molecule has 4 nitrogen and oxygen atoms in total. The Labute approximate surface area is 124 Å². The minimum atomic E-state index is 0.129. The second-order valence-electron chi connectivity index (χ2n) is 4.88. The first-order chi connectivity index (χ1) is 9.61. The smallest absolute Gasteiger partial charge is 0.203 e. The zero-order valence-electron chi connectivity index (χ0n) is 12.0. The SMILES string of the molecule is COCC(C)n1ccnc1NC(C)c1cccc(Cl)c1. The standard InChI is InChI=1S/C15H20ClN3O/c1-11(10-20-3)19-8-7-17-15(19)18-12(2)13-5-4-6-14(16)9-13/h4-9,11-12H,10H2,1-3H3,(H,17,18). The van der Waals surface area contributed by atoms with Gasteiger partial charge in [-0.2, -0.15) is 0 Å². The lowest BCUT2D eigenvalue weighted by atomic mass is 10.1. The van der Waals surface area contributed by atoms with Crippen molar-refractivity contribution in [1.29, 1.82) is 0 Å². The van der Waals surface area contributed by atoms with E-state index in [-0.39, 0.29) is 12.1 Å². The number of nitrogens with zero attached hydrogens (tertiary/aromatic N) is 2. The molecule has 0 fully saturated rings. The van der Waals surface area contributed by atoms with Gasteiger partial charge < -0.3 is 14.6 Å². The number of imidazole rings is 1. The summed E-state index contributed by atoms with van der Waals surface area (Å²) >= 11 is 6.03. The number of methoxy groups -OCH3 is 1. The van der Waals surface area contributed by atoms with Crippen molar-refractivity contribution in [3.8, 4) is 0 Å². The maximum atomic E-state index is 6.03. The van der Waals surface area contributed by atoms with Crippen LogP contribution in [0.25, 0.3) is 0 Å². The number of rotatable bonds is 6. The molecule has 0 bridgehead atoms. The van der Waals surface area contributed by atoms with Crippen LogP contribution in [-0.4, -0.2) is 23.3 Å². The average Bonchev–Trinajstić information content (AvgIpc) is 2.87. The molecule has 5 heteroatoms. The van der Waals surface area contributed by atoms with Crippen molar-refractivity contribution in [3.63, 3.8) is 0 Å². The topological polar surface area (TPSA) is 39.1 Å².